The Morgan fingerprint density at radius 2 is 1.60 bits per heavy atom. The standard InChI is InChI=1S/C24H28N2O4/c1-30-18-9-7-15(8-10-18)19(14-20(27)25-11-3-2-4-12-25)26-23(28)21-16-5-6-17(13-16)22(21)24(26)29/h5-10,16-17,19,21-22H,2-4,11-14H2,1H3. The van der Waals surface area contributed by atoms with Gasteiger partial charge in [-0.3, -0.25) is 19.3 Å². The van der Waals surface area contributed by atoms with Crippen LogP contribution in [0.2, 0.25) is 0 Å². The zero-order chi connectivity index (χ0) is 20.8. The van der Waals surface area contributed by atoms with E-state index in [2.05, 4.69) is 12.2 Å². The van der Waals surface area contributed by atoms with Crippen molar-refractivity contribution in [3.05, 3.63) is 42.0 Å². The van der Waals surface area contributed by atoms with Crippen LogP contribution in [0.4, 0.5) is 0 Å². The van der Waals surface area contributed by atoms with E-state index in [4.69, 9.17) is 4.74 Å². The van der Waals surface area contributed by atoms with Gasteiger partial charge in [-0.15, -0.1) is 0 Å². The van der Waals surface area contributed by atoms with Gasteiger partial charge in [0, 0.05) is 13.1 Å². The van der Waals surface area contributed by atoms with Crippen LogP contribution in [-0.4, -0.2) is 47.7 Å². The van der Waals surface area contributed by atoms with Crippen molar-refractivity contribution in [3.63, 3.8) is 0 Å². The van der Waals surface area contributed by atoms with E-state index in [0.29, 0.717) is 5.75 Å². The number of carbonyl (C=O) groups excluding carboxylic acids is 3. The average Bonchev–Trinajstić information content (AvgIpc) is 3.47. The van der Waals surface area contributed by atoms with Gasteiger partial charge in [-0.2, -0.15) is 0 Å². The van der Waals surface area contributed by atoms with Crippen molar-refractivity contribution in [1.82, 2.24) is 9.80 Å². The lowest BCUT2D eigenvalue weighted by atomic mass is 9.85. The number of ether oxygens (including phenoxy) is 1. The van der Waals surface area contributed by atoms with Crippen molar-refractivity contribution in [2.75, 3.05) is 20.2 Å². The Kier molecular flexibility index (Phi) is 4.88. The molecule has 158 valence electrons. The summed E-state index contributed by atoms with van der Waals surface area (Å²) in [5.41, 5.74) is 0.808. The summed E-state index contributed by atoms with van der Waals surface area (Å²) >= 11 is 0. The van der Waals surface area contributed by atoms with Crippen LogP contribution < -0.4 is 4.74 Å². The monoisotopic (exact) mass is 408 g/mol. The summed E-state index contributed by atoms with van der Waals surface area (Å²) in [6, 6.07) is 6.83. The van der Waals surface area contributed by atoms with Crippen molar-refractivity contribution in [2.45, 2.75) is 38.1 Å². The van der Waals surface area contributed by atoms with Crippen LogP contribution in [-0.2, 0) is 14.4 Å². The lowest BCUT2D eigenvalue weighted by Gasteiger charge is -2.32. The number of piperidine rings is 1. The van der Waals surface area contributed by atoms with Crippen molar-refractivity contribution in [1.29, 1.82) is 0 Å². The van der Waals surface area contributed by atoms with Crippen LogP contribution in [0.3, 0.4) is 0 Å². The van der Waals surface area contributed by atoms with Crippen LogP contribution in [0.25, 0.3) is 0 Å². The summed E-state index contributed by atoms with van der Waals surface area (Å²) in [4.78, 5) is 43.2. The highest BCUT2D eigenvalue weighted by Gasteiger charge is 2.60. The number of hydrogen-bond acceptors (Lipinski definition) is 4. The number of methoxy groups -OCH3 is 1. The van der Waals surface area contributed by atoms with E-state index in [0.717, 1.165) is 44.3 Å². The lowest BCUT2D eigenvalue weighted by molar-refractivity contribution is -0.145. The number of hydrogen-bond donors (Lipinski definition) is 0. The number of nitrogens with zero attached hydrogens (tertiary/aromatic N) is 2. The van der Waals surface area contributed by atoms with Crippen molar-refractivity contribution in [3.8, 4) is 5.75 Å². The first-order valence-electron chi connectivity index (χ1n) is 11.1. The molecular weight excluding hydrogens is 380 g/mol. The quantitative estimate of drug-likeness (QED) is 0.555. The minimum atomic E-state index is -0.560. The highest BCUT2D eigenvalue weighted by molar-refractivity contribution is 6.07. The van der Waals surface area contributed by atoms with E-state index in [-0.39, 0.29) is 47.8 Å². The molecule has 2 aliphatic heterocycles. The molecule has 2 heterocycles. The van der Waals surface area contributed by atoms with Gasteiger partial charge in [0.25, 0.3) is 0 Å². The van der Waals surface area contributed by atoms with Gasteiger partial charge in [0.2, 0.25) is 17.7 Å². The van der Waals surface area contributed by atoms with Gasteiger partial charge in [-0.1, -0.05) is 24.3 Å². The number of amides is 3. The molecule has 4 aliphatic rings. The van der Waals surface area contributed by atoms with Crippen LogP contribution in [0.15, 0.2) is 36.4 Å². The Morgan fingerprint density at radius 1 is 1.00 bits per heavy atom. The summed E-state index contributed by atoms with van der Waals surface area (Å²) < 4.78 is 5.26. The second-order valence-corrected chi connectivity index (χ2v) is 8.98. The van der Waals surface area contributed by atoms with Gasteiger partial charge >= 0.3 is 0 Å². The second-order valence-electron chi connectivity index (χ2n) is 8.98. The SMILES string of the molecule is COc1ccc(C(CC(=O)N2CCCCC2)N2C(=O)C3C4C=CC(C4)C3C2=O)cc1. The fraction of sp³-hybridized carbons (Fsp3) is 0.542. The topological polar surface area (TPSA) is 66.9 Å². The summed E-state index contributed by atoms with van der Waals surface area (Å²) in [6.07, 6.45) is 8.42. The molecule has 0 N–H and O–H groups in total. The Bertz CT molecular complexity index is 857. The zero-order valence-corrected chi connectivity index (χ0v) is 17.3. The molecule has 1 saturated carbocycles. The largest absolute Gasteiger partial charge is 0.497 e. The normalized spacial score (nSPS) is 30.7. The third-order valence-corrected chi connectivity index (χ3v) is 7.39. The van der Waals surface area contributed by atoms with Gasteiger partial charge in [-0.25, -0.2) is 0 Å². The molecule has 2 bridgehead atoms. The summed E-state index contributed by atoms with van der Waals surface area (Å²) in [5.74, 6) is 0.346. The number of benzene rings is 1. The first-order chi connectivity index (χ1) is 14.6. The van der Waals surface area contributed by atoms with Crippen LogP contribution in [0.1, 0.15) is 43.7 Å². The molecular formula is C24H28N2O4. The first-order valence-corrected chi connectivity index (χ1v) is 11.1. The van der Waals surface area contributed by atoms with Gasteiger partial charge in [-0.05, 0) is 55.2 Å². The number of rotatable bonds is 5. The Hall–Kier alpha value is -2.63. The van der Waals surface area contributed by atoms with Crippen LogP contribution >= 0.6 is 0 Å². The lowest BCUT2D eigenvalue weighted by Crippen LogP contribution is -2.41. The second kappa shape index (κ2) is 7.56. The summed E-state index contributed by atoms with van der Waals surface area (Å²) in [6.45, 7) is 1.52. The highest BCUT2D eigenvalue weighted by atomic mass is 16.5. The fourth-order valence-corrected chi connectivity index (χ4v) is 5.85. The third kappa shape index (κ3) is 3.04. The maximum atomic E-state index is 13.4. The minimum absolute atomic E-state index is 0.0225. The van der Waals surface area contributed by atoms with Gasteiger partial charge in [0.15, 0.2) is 0 Å². The molecule has 5 atom stereocenters. The van der Waals surface area contributed by atoms with E-state index in [1.807, 2.05) is 29.2 Å². The predicted octanol–water partition coefficient (Wildman–Crippen LogP) is 2.95. The fourth-order valence-electron chi connectivity index (χ4n) is 5.85. The highest BCUT2D eigenvalue weighted by Crippen LogP contribution is 2.54. The molecule has 5 unspecified atom stereocenters. The molecule has 1 aromatic rings. The third-order valence-electron chi connectivity index (χ3n) is 7.39. The Labute approximate surface area is 176 Å². The van der Waals surface area contributed by atoms with E-state index in [1.165, 1.54) is 4.90 Å². The minimum Gasteiger partial charge on any atom is -0.497 e. The molecule has 30 heavy (non-hydrogen) atoms. The van der Waals surface area contributed by atoms with Crippen molar-refractivity contribution >= 4 is 17.7 Å². The van der Waals surface area contributed by atoms with E-state index < -0.39 is 6.04 Å². The van der Waals surface area contributed by atoms with Crippen molar-refractivity contribution < 1.29 is 19.1 Å². The molecule has 6 heteroatoms. The molecule has 6 nitrogen and oxygen atoms in total. The predicted molar refractivity (Wildman–Crippen MR) is 110 cm³/mol. The van der Waals surface area contributed by atoms with Crippen LogP contribution in [0, 0.1) is 23.7 Å². The smallest absolute Gasteiger partial charge is 0.234 e. The Balaban J connectivity index is 1.45. The van der Waals surface area contributed by atoms with E-state index >= 15 is 0 Å². The molecule has 1 aromatic carbocycles. The zero-order valence-electron chi connectivity index (χ0n) is 17.3. The molecule has 0 spiro atoms. The molecule has 0 radical (unpaired) electrons. The van der Waals surface area contributed by atoms with Crippen molar-refractivity contribution in [2.24, 2.45) is 23.7 Å². The Morgan fingerprint density at radius 3 is 2.17 bits per heavy atom. The number of imide groups is 1. The van der Waals surface area contributed by atoms with Gasteiger partial charge in [0.05, 0.1) is 31.4 Å². The molecule has 2 saturated heterocycles. The molecule has 3 fully saturated rings. The van der Waals surface area contributed by atoms with E-state index in [9.17, 15) is 14.4 Å². The van der Waals surface area contributed by atoms with E-state index in [1.54, 1.807) is 7.11 Å². The molecule has 2 aliphatic carbocycles. The maximum Gasteiger partial charge on any atom is 0.234 e. The summed E-state index contributed by atoms with van der Waals surface area (Å²) in [5, 5.41) is 0. The number of carbonyl (C=O) groups is 3. The van der Waals surface area contributed by atoms with Gasteiger partial charge < -0.3 is 9.64 Å². The first kappa shape index (κ1) is 19.3. The number of likely N-dealkylation sites (tertiary alicyclic amines) is 2. The number of fused-ring (bicyclic) bond motifs is 5. The average molecular weight is 408 g/mol. The maximum absolute atomic E-state index is 13.4. The summed E-state index contributed by atoms with van der Waals surface area (Å²) in [7, 11) is 1.60. The van der Waals surface area contributed by atoms with Gasteiger partial charge in [0.1, 0.15) is 5.75 Å². The van der Waals surface area contributed by atoms with Crippen LogP contribution in [0.5, 0.6) is 5.75 Å². The molecule has 0 aromatic heterocycles. The molecule has 5 rings (SSSR count). The number of allylic oxidation sites excluding steroid dienone is 2. The molecule has 3 amide bonds.